The Kier molecular flexibility index (Phi) is 8.68. The molecule has 91 valence electrons. The molecule has 0 atom stereocenters. The fraction of sp³-hybridized carbons (Fsp3) is 0. The van der Waals surface area contributed by atoms with Crippen molar-refractivity contribution in [2.45, 2.75) is 0 Å². The Balaban J connectivity index is 0.00000144. The van der Waals surface area contributed by atoms with Crippen molar-refractivity contribution in [1.82, 2.24) is 4.98 Å². The van der Waals surface area contributed by atoms with Gasteiger partial charge < -0.3 is 24.8 Å². The van der Waals surface area contributed by atoms with Crippen LogP contribution < -0.4 is 28.1 Å². The predicted molar refractivity (Wildman–Crippen MR) is 58.6 cm³/mol. The topological polar surface area (TPSA) is 34.5 Å². The van der Waals surface area contributed by atoms with Gasteiger partial charge in [0.15, 0.2) is 0 Å². The molecule has 0 N–H and O–H groups in total. The number of halogens is 2. The van der Waals surface area contributed by atoms with Crippen LogP contribution in [0.15, 0.2) is 53.7 Å². The van der Waals surface area contributed by atoms with Crippen LogP contribution in [0.4, 0.5) is 5.82 Å². The average Bonchev–Trinajstić information content (AvgIpc) is 2.38. The summed E-state index contributed by atoms with van der Waals surface area (Å²) in [7, 11) is 0. The number of benzene rings is 1. The Labute approximate surface area is 130 Å². The Hall–Kier alpha value is -0.866. The first-order valence-electron chi connectivity index (χ1n) is 4.78. The first kappa shape index (κ1) is 17.1. The summed E-state index contributed by atoms with van der Waals surface area (Å²) in [5.41, 5.74) is 0.940. The molecule has 6 heteroatoms. The van der Waals surface area contributed by atoms with E-state index < -0.39 is 0 Å². The summed E-state index contributed by atoms with van der Waals surface area (Å²) in [6, 6.07) is 13.3. The van der Waals surface area contributed by atoms with Gasteiger partial charge in [-0.2, -0.15) is 0 Å². The summed E-state index contributed by atoms with van der Waals surface area (Å²) in [6.07, 6.45) is 3.47. The molecule has 0 amide bonds. The molecule has 2 rings (SSSR count). The molecule has 0 aliphatic carbocycles. The summed E-state index contributed by atoms with van der Waals surface area (Å²) < 4.78 is 5.22. The number of hydrogen-bond donors (Lipinski definition) is 0. The number of para-hydroxylation sites is 1. The molecule has 3 nitrogen and oxygen atoms in total. The van der Waals surface area contributed by atoms with Crippen LogP contribution in [-0.2, 0) is 20.8 Å². The average molecular weight is 316 g/mol. The van der Waals surface area contributed by atoms with Crippen LogP contribution in [-0.4, -0.2) is 11.2 Å². The van der Waals surface area contributed by atoms with Crippen molar-refractivity contribution >= 4 is 12.0 Å². The zero-order valence-corrected chi connectivity index (χ0v) is 12.3. The Morgan fingerprint density at radius 3 is 2.44 bits per heavy atom. The van der Waals surface area contributed by atoms with Gasteiger partial charge in [0.2, 0.25) is 0 Å². The molecule has 1 heterocycles. The minimum atomic E-state index is 0. The molecule has 18 heavy (non-hydrogen) atoms. The predicted octanol–water partition coefficient (Wildman–Crippen LogP) is -3.32. The number of rotatable bonds is 3. The molecule has 0 radical (unpaired) electrons. The number of aromatic nitrogens is 1. The fourth-order valence-corrected chi connectivity index (χ4v) is 1.54. The Morgan fingerprint density at radius 1 is 1.06 bits per heavy atom. The molecule has 0 unspecified atom stereocenters. The number of pyridine rings is 1. The van der Waals surface area contributed by atoms with E-state index in [0.29, 0.717) is 5.82 Å². The second kappa shape index (κ2) is 9.12. The molecule has 0 saturated carbocycles. The third-order valence-electron chi connectivity index (χ3n) is 2.01. The Morgan fingerprint density at radius 2 is 1.78 bits per heavy atom. The summed E-state index contributed by atoms with van der Waals surface area (Å²) in [5.74, 6) is 1.50. The van der Waals surface area contributed by atoms with Crippen molar-refractivity contribution in [3.63, 3.8) is 0 Å². The normalized spacial score (nSPS) is 9.44. The van der Waals surface area contributed by atoms with Crippen molar-refractivity contribution in [2.24, 2.45) is 4.99 Å². The molecule has 0 saturated heterocycles. The van der Waals surface area contributed by atoms with Gasteiger partial charge in [0.05, 0.1) is 0 Å². The third kappa shape index (κ3) is 4.79. The van der Waals surface area contributed by atoms with Crippen molar-refractivity contribution in [3.8, 4) is 5.75 Å². The van der Waals surface area contributed by atoms with Gasteiger partial charge in [0.1, 0.15) is 0 Å². The van der Waals surface area contributed by atoms with Gasteiger partial charge in [0, 0.05) is 0 Å². The molecular formula is C12H9Cl2N2OTi. The third-order valence-corrected chi connectivity index (χ3v) is 2.36. The maximum absolute atomic E-state index is 5.22. The van der Waals surface area contributed by atoms with Gasteiger partial charge in [0.25, 0.3) is 0 Å². The SMILES string of the molecule is [Cl-].[Cl-].[Ti+2][O]c1ccccc1C=Nc1ccccn1. The van der Waals surface area contributed by atoms with Gasteiger partial charge in [-0.1, -0.05) is 0 Å². The van der Waals surface area contributed by atoms with Crippen LogP contribution in [0.5, 0.6) is 5.75 Å². The van der Waals surface area contributed by atoms with Gasteiger partial charge >= 0.3 is 106 Å². The summed E-state index contributed by atoms with van der Waals surface area (Å²) in [5, 5.41) is 0. The van der Waals surface area contributed by atoms with Crippen LogP contribution in [0.1, 0.15) is 5.56 Å². The van der Waals surface area contributed by atoms with Crippen LogP contribution in [0.2, 0.25) is 0 Å². The van der Waals surface area contributed by atoms with Crippen molar-refractivity contribution in [2.75, 3.05) is 0 Å². The van der Waals surface area contributed by atoms with E-state index in [-0.39, 0.29) is 24.8 Å². The van der Waals surface area contributed by atoms with Gasteiger partial charge in [-0.3, -0.25) is 0 Å². The van der Waals surface area contributed by atoms with E-state index >= 15 is 0 Å². The number of aliphatic imine (C=N–C) groups is 1. The molecule has 0 spiro atoms. The molecular weight excluding hydrogens is 307 g/mol. The molecule has 1 aromatic heterocycles. The second-order valence-electron chi connectivity index (χ2n) is 3.09. The number of nitrogens with zero attached hydrogens (tertiary/aromatic N) is 2. The molecule has 2 aromatic rings. The van der Waals surface area contributed by atoms with E-state index in [9.17, 15) is 0 Å². The summed E-state index contributed by atoms with van der Waals surface area (Å²) in [6.45, 7) is 0. The van der Waals surface area contributed by atoms with Crippen LogP contribution >= 0.6 is 0 Å². The fourth-order valence-electron chi connectivity index (χ4n) is 1.25. The quantitative estimate of drug-likeness (QED) is 0.439. The first-order chi connectivity index (χ1) is 7.90. The molecule has 0 fully saturated rings. The molecule has 1 aromatic carbocycles. The van der Waals surface area contributed by atoms with E-state index in [0.717, 1.165) is 11.3 Å². The van der Waals surface area contributed by atoms with E-state index in [1.54, 1.807) is 33.2 Å². The van der Waals surface area contributed by atoms with Crippen LogP contribution in [0.25, 0.3) is 0 Å². The summed E-state index contributed by atoms with van der Waals surface area (Å²) in [4.78, 5) is 8.38. The van der Waals surface area contributed by atoms with Gasteiger partial charge in [-0.15, -0.1) is 0 Å². The molecule has 0 aliphatic rings. The summed E-state index contributed by atoms with van der Waals surface area (Å²) >= 11 is 1.65. The van der Waals surface area contributed by atoms with Crippen LogP contribution in [0, 0.1) is 0 Å². The van der Waals surface area contributed by atoms with Crippen molar-refractivity contribution in [3.05, 3.63) is 54.2 Å². The first-order valence-corrected chi connectivity index (χ1v) is 5.41. The minimum absolute atomic E-state index is 0. The zero-order valence-electron chi connectivity index (χ0n) is 9.25. The van der Waals surface area contributed by atoms with Crippen molar-refractivity contribution in [1.29, 1.82) is 0 Å². The molecule has 0 aliphatic heterocycles. The van der Waals surface area contributed by atoms with E-state index in [4.69, 9.17) is 3.32 Å². The van der Waals surface area contributed by atoms with E-state index in [2.05, 4.69) is 9.98 Å². The second-order valence-corrected chi connectivity index (χ2v) is 3.40. The maximum atomic E-state index is 5.22. The zero-order chi connectivity index (χ0) is 11.2. The van der Waals surface area contributed by atoms with E-state index in [1.165, 1.54) is 0 Å². The van der Waals surface area contributed by atoms with Gasteiger partial charge in [-0.05, 0) is 0 Å². The van der Waals surface area contributed by atoms with Crippen molar-refractivity contribution < 1.29 is 49.0 Å². The van der Waals surface area contributed by atoms with Crippen LogP contribution in [0.3, 0.4) is 0 Å². The van der Waals surface area contributed by atoms with Gasteiger partial charge in [-0.25, -0.2) is 0 Å². The van der Waals surface area contributed by atoms with E-state index in [1.807, 2.05) is 42.5 Å². The number of hydrogen-bond acceptors (Lipinski definition) is 3. The Bertz CT molecular complexity index is 494. The molecule has 0 bridgehead atoms. The monoisotopic (exact) mass is 315 g/mol. The standard InChI is InChI=1S/C12H10N2O.2ClH.Ti/c15-11-6-2-1-5-10(11)9-14-12-7-3-4-8-13-12;;;/h1-9,15H;2*1H;/q;;;+3/p-3.